The first-order chi connectivity index (χ1) is 25.8. The molecule has 0 spiro atoms. The Morgan fingerprint density at radius 1 is 0.981 bits per heavy atom. The molecule has 2 aliphatic rings. The molecule has 2 unspecified atom stereocenters. The zero-order chi connectivity index (χ0) is 40.8. The van der Waals surface area contributed by atoms with Gasteiger partial charge in [-0.15, -0.1) is 0 Å². The van der Waals surface area contributed by atoms with Gasteiger partial charge in [-0.05, 0) is 111 Å². The van der Waals surface area contributed by atoms with Gasteiger partial charge in [0.1, 0.15) is 5.82 Å². The fourth-order valence-corrected chi connectivity index (χ4v) is 6.57. The number of benzene rings is 3. The van der Waals surface area contributed by atoms with Gasteiger partial charge in [0.25, 0.3) is 12.4 Å². The van der Waals surface area contributed by atoms with E-state index in [9.17, 15) is 14.4 Å². The van der Waals surface area contributed by atoms with Crippen LogP contribution >= 0.6 is 66.6 Å². The maximum Gasteiger partial charge on any atom is 0.293 e. The Labute approximate surface area is 345 Å². The lowest BCUT2D eigenvalue weighted by molar-refractivity contribution is -0.128. The van der Waals surface area contributed by atoms with Crippen LogP contribution in [0.5, 0.6) is 0 Å². The highest BCUT2D eigenvalue weighted by molar-refractivity contribution is 8.76. The molecule has 1 saturated heterocycles. The first-order valence-corrected chi connectivity index (χ1v) is 25.6. The number of amides is 1. The van der Waals surface area contributed by atoms with E-state index in [4.69, 9.17) is 33.0 Å². The van der Waals surface area contributed by atoms with E-state index in [0.29, 0.717) is 61.2 Å². The van der Waals surface area contributed by atoms with E-state index in [-0.39, 0.29) is 34.8 Å². The standard InChI is InChI=1S/C29H26Cl2FNO3.C6H14O2S.C2H6S2.C2H6S.CH4O/c1-2-25(17-3-7-21(30)8-4-17)33-27(18-5-9-22(31)10-6-18)26-23(29(33)35)15-20(16-24(26)32)28(34)19-11-13-36-14-12-19;1-9(2,3)5-4-8-6-7;1-3-4-2;1-3-2;1-2/h3-10,15-16,19,25,27H,2,11-14H2,1H3;6H,4-5H2,1-3H3;1-2H3;1-2H3;2H,1H3. The van der Waals surface area contributed by atoms with Gasteiger partial charge in [0.2, 0.25) is 0 Å². The van der Waals surface area contributed by atoms with Crippen molar-refractivity contribution in [2.24, 2.45) is 5.92 Å². The molecule has 2 atom stereocenters. The molecule has 302 valence electrons. The Morgan fingerprint density at radius 3 is 1.96 bits per heavy atom. The summed E-state index contributed by atoms with van der Waals surface area (Å²) >= 11 is 14.0. The average Bonchev–Trinajstić information content (AvgIpc) is 3.46. The van der Waals surface area contributed by atoms with Gasteiger partial charge in [0, 0.05) is 58.7 Å². The lowest BCUT2D eigenvalue weighted by atomic mass is 9.88. The van der Waals surface area contributed by atoms with Crippen LogP contribution in [0.25, 0.3) is 0 Å². The fraction of sp³-hybridized carbons (Fsp3) is 0.475. The smallest absolute Gasteiger partial charge is 0.293 e. The highest BCUT2D eigenvalue weighted by Crippen LogP contribution is 2.46. The molecule has 0 bridgehead atoms. The Bertz CT molecular complexity index is 1550. The normalized spacial score (nSPS) is 15.7. The summed E-state index contributed by atoms with van der Waals surface area (Å²) in [5.74, 6) is -0.213. The van der Waals surface area contributed by atoms with Crippen LogP contribution in [0, 0.1) is 11.7 Å². The number of ether oxygens (including phenoxy) is 2. The van der Waals surface area contributed by atoms with Crippen LogP contribution in [0.2, 0.25) is 10.0 Å². The quantitative estimate of drug-likeness (QED) is 0.0875. The van der Waals surface area contributed by atoms with Crippen LogP contribution in [0.1, 0.15) is 75.7 Å². The van der Waals surface area contributed by atoms with Gasteiger partial charge in [0.15, 0.2) is 5.78 Å². The second-order valence-electron chi connectivity index (χ2n) is 12.8. The van der Waals surface area contributed by atoms with Gasteiger partial charge in [-0.25, -0.2) is 14.4 Å². The molecule has 14 heteroatoms. The summed E-state index contributed by atoms with van der Waals surface area (Å²) < 4.78 is 25.8. The number of ketones is 1. The second-order valence-corrected chi connectivity index (χ2v) is 21.8. The first kappa shape index (κ1) is 50.1. The molecule has 3 aromatic rings. The summed E-state index contributed by atoms with van der Waals surface area (Å²) in [4.78, 5) is 38.6. The highest BCUT2D eigenvalue weighted by atomic mass is 35.5. The second kappa shape index (κ2) is 26.9. The number of rotatable bonds is 11. The molecule has 1 N–H and O–H groups in total. The Kier molecular flexibility index (Phi) is 24.9. The average molecular weight is 865 g/mol. The predicted molar refractivity (Wildman–Crippen MR) is 235 cm³/mol. The van der Waals surface area contributed by atoms with Gasteiger partial charge in [0.05, 0.1) is 18.7 Å². The minimum absolute atomic E-state index is 0.140. The van der Waals surface area contributed by atoms with E-state index in [0.717, 1.165) is 24.0 Å². The number of halogens is 3. The Hall–Kier alpha value is -1.90. The van der Waals surface area contributed by atoms with E-state index in [1.54, 1.807) is 68.6 Å². The van der Waals surface area contributed by atoms with Crippen LogP contribution in [-0.4, -0.2) is 105 Å². The van der Waals surface area contributed by atoms with E-state index in [2.05, 4.69) is 36.0 Å². The van der Waals surface area contributed by atoms with Crippen LogP contribution in [0.4, 0.5) is 4.39 Å². The van der Waals surface area contributed by atoms with Crippen molar-refractivity contribution >= 4 is 84.7 Å². The molecular weight excluding hydrogens is 809 g/mol. The molecule has 1 fully saturated rings. The Morgan fingerprint density at radius 2 is 1.50 bits per heavy atom. The number of thioether (sulfide) groups is 1. The lowest BCUT2D eigenvalue weighted by Gasteiger charge is -2.34. The topological polar surface area (TPSA) is 93.1 Å². The number of aliphatic hydroxyl groups excluding tert-OH is 1. The minimum Gasteiger partial charge on any atom is -0.467 e. The largest absolute Gasteiger partial charge is 0.467 e. The minimum atomic E-state index is -0.655. The molecule has 54 heavy (non-hydrogen) atoms. The monoisotopic (exact) mass is 863 g/mol. The molecule has 2 aliphatic heterocycles. The third kappa shape index (κ3) is 15.9. The number of carbonyl (C=O) groups excluding carboxylic acids is 3. The molecule has 5 rings (SSSR count). The lowest BCUT2D eigenvalue weighted by Crippen LogP contribution is -2.33. The van der Waals surface area contributed by atoms with Gasteiger partial charge < -0.3 is 19.5 Å². The van der Waals surface area contributed by atoms with Crippen molar-refractivity contribution in [1.82, 2.24) is 4.90 Å². The van der Waals surface area contributed by atoms with Crippen molar-refractivity contribution in [2.75, 3.05) is 76.5 Å². The fourth-order valence-electron chi connectivity index (χ4n) is 5.72. The van der Waals surface area contributed by atoms with Gasteiger partial charge >= 0.3 is 0 Å². The molecule has 7 nitrogen and oxygen atoms in total. The number of aliphatic hydroxyl groups is 1. The molecule has 0 saturated carbocycles. The van der Waals surface area contributed by atoms with Gasteiger partial charge in [-0.1, -0.05) is 76.0 Å². The van der Waals surface area contributed by atoms with E-state index < -0.39 is 21.9 Å². The number of hydrogen-bond donors (Lipinski definition) is 1. The van der Waals surface area contributed by atoms with Crippen molar-refractivity contribution < 1.29 is 33.4 Å². The summed E-state index contributed by atoms with van der Waals surface area (Å²) in [7, 11) is 4.07. The number of Topliss-reactive ketones (excluding diaryl/α,β-unsaturated/α-hetero) is 1. The Balaban J connectivity index is 0.000000680. The van der Waals surface area contributed by atoms with E-state index >= 15 is 4.39 Å². The molecular formula is C40H56Cl2FNO6S4. The van der Waals surface area contributed by atoms with Crippen LogP contribution in [0.15, 0.2) is 60.7 Å². The van der Waals surface area contributed by atoms with E-state index in [1.807, 2.05) is 43.7 Å². The number of nitrogens with zero attached hydrogens (tertiary/aromatic N) is 1. The van der Waals surface area contributed by atoms with E-state index in [1.165, 1.54) is 6.07 Å². The SMILES string of the molecule is CCC(c1ccc(Cl)cc1)N1C(=O)c2cc(C(=O)C3CCOCC3)cc(F)c2C1c1ccc(Cl)cc1.CO.CS(C)(C)CCOC=O.CSC.CSSC. The summed E-state index contributed by atoms with van der Waals surface area (Å²) in [6.45, 7) is 4.08. The van der Waals surface area contributed by atoms with Gasteiger partial charge in [-0.3, -0.25) is 14.4 Å². The zero-order valence-electron chi connectivity index (χ0n) is 32.7. The van der Waals surface area contributed by atoms with Crippen molar-refractivity contribution in [3.63, 3.8) is 0 Å². The number of hydrogen-bond acceptors (Lipinski definition) is 9. The molecule has 0 radical (unpaired) electrons. The third-order valence-electron chi connectivity index (χ3n) is 8.23. The van der Waals surface area contributed by atoms with Crippen LogP contribution < -0.4 is 0 Å². The first-order valence-electron chi connectivity index (χ1n) is 17.2. The maximum absolute atomic E-state index is 15.9. The van der Waals surface area contributed by atoms with Crippen LogP contribution in [-0.2, 0) is 14.3 Å². The third-order valence-corrected chi connectivity index (χ3v) is 11.5. The zero-order valence-corrected chi connectivity index (χ0v) is 37.5. The molecule has 0 aromatic heterocycles. The molecule has 2 heterocycles. The van der Waals surface area contributed by atoms with Crippen molar-refractivity contribution in [2.45, 2.75) is 38.3 Å². The van der Waals surface area contributed by atoms with Crippen molar-refractivity contribution in [1.29, 1.82) is 0 Å². The maximum atomic E-state index is 15.9. The predicted octanol–water partition coefficient (Wildman–Crippen LogP) is 10.5. The summed E-state index contributed by atoms with van der Waals surface area (Å²) in [5.41, 5.74) is 2.42. The summed E-state index contributed by atoms with van der Waals surface area (Å²) in [6, 6.07) is 16.4. The van der Waals surface area contributed by atoms with Crippen LogP contribution in [0.3, 0.4) is 0 Å². The highest BCUT2D eigenvalue weighted by Gasteiger charge is 2.44. The molecule has 0 aliphatic carbocycles. The molecule has 3 aromatic carbocycles. The molecule has 1 amide bonds. The number of carbonyl (C=O) groups is 3. The van der Waals surface area contributed by atoms with Crippen molar-refractivity contribution in [3.8, 4) is 0 Å². The van der Waals surface area contributed by atoms with Gasteiger partial charge in [-0.2, -0.15) is 11.8 Å². The summed E-state index contributed by atoms with van der Waals surface area (Å²) in [5, 5.41) is 8.15. The summed E-state index contributed by atoms with van der Waals surface area (Å²) in [6.07, 6.45) is 16.6. The van der Waals surface area contributed by atoms with Crippen molar-refractivity contribution in [3.05, 3.63) is 104 Å². The number of fused-ring (bicyclic) bond motifs is 1.